The third-order valence-corrected chi connectivity index (χ3v) is 4.28. The molecule has 0 aliphatic carbocycles. The number of aromatic nitrogens is 2. The number of hydrogen-bond donors (Lipinski definition) is 1. The van der Waals surface area contributed by atoms with E-state index in [2.05, 4.69) is 10.4 Å². The first-order valence-corrected chi connectivity index (χ1v) is 8.39. The van der Waals surface area contributed by atoms with Crippen molar-refractivity contribution < 1.29 is 14.3 Å². The van der Waals surface area contributed by atoms with Crippen LogP contribution in [0.5, 0.6) is 0 Å². The Morgan fingerprint density at radius 3 is 2.58 bits per heavy atom. The summed E-state index contributed by atoms with van der Waals surface area (Å²) in [5, 5.41) is 7.21. The van der Waals surface area contributed by atoms with E-state index in [1.165, 1.54) is 0 Å². The van der Waals surface area contributed by atoms with Crippen molar-refractivity contribution in [2.24, 2.45) is 7.05 Å². The molecule has 0 bridgehead atoms. The van der Waals surface area contributed by atoms with E-state index >= 15 is 0 Å². The van der Waals surface area contributed by atoms with Gasteiger partial charge in [-0.2, -0.15) is 5.10 Å². The fraction of sp³-hybridized carbons (Fsp3) is 0.706. The zero-order chi connectivity index (χ0) is 18.1. The van der Waals surface area contributed by atoms with Crippen molar-refractivity contribution in [1.29, 1.82) is 0 Å². The molecular formula is C17H28N4O3. The second kappa shape index (κ2) is 6.83. The molecule has 7 heteroatoms. The van der Waals surface area contributed by atoms with E-state index in [9.17, 15) is 9.59 Å². The molecule has 0 unspecified atom stereocenters. The van der Waals surface area contributed by atoms with Crippen LogP contribution in [0.2, 0.25) is 0 Å². The maximum absolute atomic E-state index is 12.4. The molecule has 0 aromatic carbocycles. The molecule has 1 N–H and O–H groups in total. The van der Waals surface area contributed by atoms with Gasteiger partial charge in [0.25, 0.3) is 5.91 Å². The standard InChI is InChI=1S/C17H28N4O3/c1-11-10-14(19-20(11)6)15(22)18-13-8-7-9-21(12(13)2)16(23)24-17(3,4)5/h10,12-13H,7-9H2,1-6H3,(H,18,22)/t12-,13+/m1/s1. The number of carbonyl (C=O) groups excluding carboxylic acids is 2. The highest BCUT2D eigenvalue weighted by atomic mass is 16.6. The van der Waals surface area contributed by atoms with Crippen LogP contribution >= 0.6 is 0 Å². The van der Waals surface area contributed by atoms with Crippen LogP contribution in [0.15, 0.2) is 6.07 Å². The van der Waals surface area contributed by atoms with E-state index in [1.807, 2.05) is 34.6 Å². The van der Waals surface area contributed by atoms with Crippen molar-refractivity contribution >= 4 is 12.0 Å². The molecule has 7 nitrogen and oxygen atoms in total. The maximum atomic E-state index is 12.4. The van der Waals surface area contributed by atoms with Crippen molar-refractivity contribution in [3.05, 3.63) is 17.5 Å². The van der Waals surface area contributed by atoms with E-state index in [-0.39, 0.29) is 24.1 Å². The van der Waals surface area contributed by atoms with Gasteiger partial charge in [0.2, 0.25) is 0 Å². The van der Waals surface area contributed by atoms with Gasteiger partial charge in [-0.05, 0) is 53.5 Å². The summed E-state index contributed by atoms with van der Waals surface area (Å²) in [5.41, 5.74) is 0.794. The fourth-order valence-corrected chi connectivity index (χ4v) is 2.83. The summed E-state index contributed by atoms with van der Waals surface area (Å²) < 4.78 is 7.14. The van der Waals surface area contributed by atoms with Crippen molar-refractivity contribution in [2.75, 3.05) is 6.54 Å². The first-order chi connectivity index (χ1) is 11.1. The molecule has 2 atom stereocenters. The van der Waals surface area contributed by atoms with Gasteiger partial charge in [-0.25, -0.2) is 4.79 Å². The number of ether oxygens (including phenoxy) is 1. The van der Waals surface area contributed by atoms with Crippen LogP contribution in [0, 0.1) is 6.92 Å². The van der Waals surface area contributed by atoms with E-state index in [0.717, 1.165) is 18.5 Å². The Morgan fingerprint density at radius 1 is 1.38 bits per heavy atom. The highest BCUT2D eigenvalue weighted by Gasteiger charge is 2.34. The largest absolute Gasteiger partial charge is 0.444 e. The second-order valence-corrected chi connectivity index (χ2v) is 7.43. The fourth-order valence-electron chi connectivity index (χ4n) is 2.83. The first kappa shape index (κ1) is 18.3. The molecule has 2 heterocycles. The summed E-state index contributed by atoms with van der Waals surface area (Å²) >= 11 is 0. The highest BCUT2D eigenvalue weighted by Crippen LogP contribution is 2.21. The molecule has 1 fully saturated rings. The van der Waals surface area contributed by atoms with Gasteiger partial charge >= 0.3 is 6.09 Å². The molecule has 2 amide bonds. The molecular weight excluding hydrogens is 308 g/mol. The van der Waals surface area contributed by atoms with Crippen LogP contribution in [0.25, 0.3) is 0 Å². The molecule has 1 aliphatic heterocycles. The Hall–Kier alpha value is -2.05. The third-order valence-electron chi connectivity index (χ3n) is 4.28. The SMILES string of the molecule is Cc1cc(C(=O)N[C@H]2CCCN(C(=O)OC(C)(C)C)[C@@H]2C)nn1C. The van der Waals surface area contributed by atoms with Gasteiger partial charge in [0, 0.05) is 25.3 Å². The van der Waals surface area contributed by atoms with Gasteiger partial charge in [-0.1, -0.05) is 0 Å². The Bertz CT molecular complexity index is 598. The molecule has 1 saturated heterocycles. The van der Waals surface area contributed by atoms with Gasteiger partial charge in [0.15, 0.2) is 0 Å². The normalized spacial score (nSPS) is 21.5. The van der Waals surface area contributed by atoms with E-state index in [0.29, 0.717) is 12.2 Å². The summed E-state index contributed by atoms with van der Waals surface area (Å²) in [4.78, 5) is 26.5. The van der Waals surface area contributed by atoms with Crippen molar-refractivity contribution in [2.45, 2.75) is 65.1 Å². The van der Waals surface area contributed by atoms with Gasteiger partial charge < -0.3 is 15.0 Å². The average Bonchev–Trinajstić information content (AvgIpc) is 2.79. The number of aryl methyl sites for hydroxylation is 2. The lowest BCUT2D eigenvalue weighted by atomic mass is 9.97. The van der Waals surface area contributed by atoms with E-state index in [4.69, 9.17) is 4.74 Å². The summed E-state index contributed by atoms with van der Waals surface area (Å²) in [6.07, 6.45) is 1.33. The minimum atomic E-state index is -0.529. The molecule has 24 heavy (non-hydrogen) atoms. The monoisotopic (exact) mass is 336 g/mol. The number of amides is 2. The minimum absolute atomic E-state index is 0.110. The molecule has 1 aromatic heterocycles. The lowest BCUT2D eigenvalue weighted by Crippen LogP contribution is -2.56. The predicted molar refractivity (Wildman–Crippen MR) is 90.8 cm³/mol. The summed E-state index contributed by atoms with van der Waals surface area (Å²) in [7, 11) is 1.81. The predicted octanol–water partition coefficient (Wildman–Crippen LogP) is 2.25. The van der Waals surface area contributed by atoms with Crippen LogP contribution in [-0.4, -0.2) is 50.9 Å². The maximum Gasteiger partial charge on any atom is 0.410 e. The lowest BCUT2D eigenvalue weighted by Gasteiger charge is -2.40. The van der Waals surface area contributed by atoms with Gasteiger partial charge in [-0.15, -0.1) is 0 Å². The zero-order valence-corrected chi connectivity index (χ0v) is 15.4. The van der Waals surface area contributed by atoms with Crippen LogP contribution in [0.4, 0.5) is 4.79 Å². The lowest BCUT2D eigenvalue weighted by molar-refractivity contribution is 0.00698. The van der Waals surface area contributed by atoms with Crippen molar-refractivity contribution in [1.82, 2.24) is 20.0 Å². The molecule has 0 radical (unpaired) electrons. The second-order valence-electron chi connectivity index (χ2n) is 7.43. The average molecular weight is 336 g/mol. The number of likely N-dealkylation sites (tertiary alicyclic amines) is 1. The number of carbonyl (C=O) groups is 2. The molecule has 1 aliphatic rings. The van der Waals surface area contributed by atoms with Gasteiger partial charge in [-0.3, -0.25) is 9.48 Å². The smallest absolute Gasteiger partial charge is 0.410 e. The summed E-state index contributed by atoms with van der Waals surface area (Å²) in [6, 6.07) is 1.53. The topological polar surface area (TPSA) is 76.5 Å². The quantitative estimate of drug-likeness (QED) is 0.898. The first-order valence-electron chi connectivity index (χ1n) is 8.39. The van der Waals surface area contributed by atoms with Crippen LogP contribution in [0.3, 0.4) is 0 Å². The van der Waals surface area contributed by atoms with Crippen molar-refractivity contribution in [3.8, 4) is 0 Å². The number of nitrogens with one attached hydrogen (secondary N) is 1. The van der Waals surface area contributed by atoms with Crippen LogP contribution in [-0.2, 0) is 11.8 Å². The molecule has 134 valence electrons. The number of rotatable bonds is 2. The molecule has 0 spiro atoms. The summed E-state index contributed by atoms with van der Waals surface area (Å²) in [5.74, 6) is -0.207. The van der Waals surface area contributed by atoms with E-state index < -0.39 is 5.60 Å². The van der Waals surface area contributed by atoms with Crippen molar-refractivity contribution in [3.63, 3.8) is 0 Å². The number of piperidine rings is 1. The molecule has 0 saturated carbocycles. The van der Waals surface area contributed by atoms with Crippen LogP contribution in [0.1, 0.15) is 56.7 Å². The Balaban J connectivity index is 2.03. The number of nitrogens with zero attached hydrogens (tertiary/aromatic N) is 3. The zero-order valence-electron chi connectivity index (χ0n) is 15.4. The molecule has 2 rings (SSSR count). The van der Waals surface area contributed by atoms with Gasteiger partial charge in [0.1, 0.15) is 11.3 Å². The number of hydrogen-bond acceptors (Lipinski definition) is 4. The Morgan fingerprint density at radius 2 is 2.04 bits per heavy atom. The Labute approximate surface area is 143 Å². The Kier molecular flexibility index (Phi) is 5.20. The van der Waals surface area contributed by atoms with Crippen LogP contribution < -0.4 is 5.32 Å². The highest BCUT2D eigenvalue weighted by molar-refractivity contribution is 5.92. The minimum Gasteiger partial charge on any atom is -0.444 e. The third kappa shape index (κ3) is 4.27. The van der Waals surface area contributed by atoms with Gasteiger partial charge in [0.05, 0.1) is 6.04 Å². The van der Waals surface area contributed by atoms with E-state index in [1.54, 1.807) is 22.7 Å². The summed E-state index contributed by atoms with van der Waals surface area (Å²) in [6.45, 7) is 10.0. The molecule has 1 aromatic rings.